The van der Waals surface area contributed by atoms with Crippen molar-refractivity contribution in [2.45, 2.75) is 45.1 Å². The fraction of sp³-hybridized carbons (Fsp3) is 0.391. The van der Waals surface area contributed by atoms with Crippen molar-refractivity contribution in [1.82, 2.24) is 0 Å². The first-order valence-corrected chi connectivity index (χ1v) is 15.8. The summed E-state index contributed by atoms with van der Waals surface area (Å²) in [6, 6.07) is 10.8. The lowest BCUT2D eigenvalue weighted by molar-refractivity contribution is 0.0497. The molecule has 2 aromatic carbocycles. The van der Waals surface area contributed by atoms with E-state index in [-0.39, 0.29) is 5.97 Å². The average molecular weight is 518 g/mol. The molecule has 0 fully saturated rings. The van der Waals surface area contributed by atoms with Crippen molar-refractivity contribution in [3.05, 3.63) is 59.7 Å². The number of benzene rings is 2. The summed E-state index contributed by atoms with van der Waals surface area (Å²) in [4.78, 5) is 24.4. The number of ether oxygens (including phenoxy) is 3. The van der Waals surface area contributed by atoms with Crippen LogP contribution in [0.1, 0.15) is 59.7 Å². The van der Waals surface area contributed by atoms with Gasteiger partial charge in [0.15, 0.2) is 0 Å². The molecule has 0 aliphatic rings. The highest BCUT2D eigenvalue weighted by atomic mass is 35.8. The van der Waals surface area contributed by atoms with E-state index in [0.717, 1.165) is 25.7 Å². The van der Waals surface area contributed by atoms with Crippen LogP contribution >= 0.6 is 33.2 Å². The van der Waals surface area contributed by atoms with Crippen LogP contribution in [0.15, 0.2) is 48.5 Å². The molecule has 0 bridgehead atoms. The lowest BCUT2D eigenvalue weighted by Crippen LogP contribution is -2.11. The molecule has 0 aliphatic heterocycles. The lowest BCUT2D eigenvalue weighted by Gasteiger charge is -2.10. The second-order valence-electron chi connectivity index (χ2n) is 7.20. The van der Waals surface area contributed by atoms with Crippen molar-refractivity contribution in [1.29, 1.82) is 0 Å². The molecule has 174 valence electrons. The minimum absolute atomic E-state index is 0.339. The van der Waals surface area contributed by atoms with Gasteiger partial charge in [0.25, 0.3) is 0 Å². The van der Waals surface area contributed by atoms with E-state index in [1.807, 2.05) is 0 Å². The van der Waals surface area contributed by atoms with E-state index < -0.39 is 12.0 Å². The molecule has 5 nitrogen and oxygen atoms in total. The highest BCUT2D eigenvalue weighted by Crippen LogP contribution is 2.26. The minimum Gasteiger partial charge on any atom is -0.494 e. The van der Waals surface area contributed by atoms with E-state index in [0.29, 0.717) is 48.3 Å². The zero-order valence-corrected chi connectivity index (χ0v) is 21.2. The summed E-state index contributed by atoms with van der Waals surface area (Å²) >= 11 is 17.5. The Morgan fingerprint density at radius 3 is 1.94 bits per heavy atom. The van der Waals surface area contributed by atoms with Gasteiger partial charge in [-0.1, -0.05) is 26.2 Å². The summed E-state index contributed by atoms with van der Waals surface area (Å²) in [5, 5.41) is 0. The van der Waals surface area contributed by atoms with Crippen LogP contribution in [0.4, 0.5) is 0 Å². The van der Waals surface area contributed by atoms with Crippen LogP contribution < -0.4 is 9.47 Å². The zero-order valence-electron chi connectivity index (χ0n) is 18.0. The van der Waals surface area contributed by atoms with Gasteiger partial charge in [0.05, 0.1) is 24.3 Å². The van der Waals surface area contributed by atoms with Gasteiger partial charge in [0.1, 0.15) is 11.5 Å². The van der Waals surface area contributed by atoms with Crippen LogP contribution in [-0.2, 0) is 4.74 Å². The molecule has 9 heteroatoms. The second kappa shape index (κ2) is 13.7. The predicted octanol–water partition coefficient (Wildman–Crippen LogP) is 7.07. The first kappa shape index (κ1) is 26.5. The number of esters is 2. The zero-order chi connectivity index (χ0) is 23.4. The summed E-state index contributed by atoms with van der Waals surface area (Å²) in [5.41, 5.74) is 0.792. The van der Waals surface area contributed by atoms with Gasteiger partial charge in [-0.2, -0.15) is 0 Å². The molecule has 0 atom stereocenters. The third-order valence-corrected chi connectivity index (χ3v) is 7.12. The number of rotatable bonds is 13. The van der Waals surface area contributed by atoms with Crippen molar-refractivity contribution < 1.29 is 23.8 Å². The van der Waals surface area contributed by atoms with E-state index in [4.69, 9.17) is 47.4 Å². The Morgan fingerprint density at radius 1 is 0.750 bits per heavy atom. The summed E-state index contributed by atoms with van der Waals surface area (Å²) in [6.45, 7) is 2.96. The van der Waals surface area contributed by atoms with Crippen molar-refractivity contribution in [3.63, 3.8) is 0 Å². The molecule has 0 heterocycles. The third-order valence-electron chi connectivity index (χ3n) is 4.49. The lowest BCUT2D eigenvalue weighted by atomic mass is 10.2. The molecule has 2 aromatic rings. The maximum Gasteiger partial charge on any atom is 0.343 e. The van der Waals surface area contributed by atoms with Gasteiger partial charge in [-0.25, -0.2) is 9.59 Å². The van der Waals surface area contributed by atoms with Gasteiger partial charge in [-0.3, -0.25) is 0 Å². The largest absolute Gasteiger partial charge is 0.494 e. The van der Waals surface area contributed by atoms with Gasteiger partial charge < -0.3 is 14.2 Å². The molecule has 0 saturated carbocycles. The fourth-order valence-electron chi connectivity index (χ4n) is 2.75. The van der Waals surface area contributed by atoms with Gasteiger partial charge in [-0.05, 0) is 67.4 Å². The molecule has 0 amide bonds. The number of carbonyl (C=O) groups excluding carboxylic acids is 2. The maximum atomic E-state index is 12.3. The quantitative estimate of drug-likeness (QED) is 0.0935. The number of halogens is 3. The highest BCUT2D eigenvalue weighted by Gasteiger charge is 2.23. The molecule has 0 aliphatic carbocycles. The van der Waals surface area contributed by atoms with Crippen molar-refractivity contribution in [2.75, 3.05) is 13.2 Å². The molecule has 0 radical (unpaired) electrons. The molecule has 2 rings (SSSR count). The standard InChI is InChI=1S/C23H27Cl3O5Si/c1-2-3-4-5-15-30-22(27)18-9-13-21(14-10-18)31-23(28)19-7-11-20(12-8-19)29-16-6-17-32(24,25)26/h7-14H,2-6,15-17H2,1H3. The second-order valence-corrected chi connectivity index (χ2v) is 16.5. The molecular weight excluding hydrogens is 491 g/mol. The van der Waals surface area contributed by atoms with Crippen LogP contribution in [0, 0.1) is 0 Å². The first-order chi connectivity index (χ1) is 15.3. The Kier molecular flexibility index (Phi) is 11.4. The molecule has 0 spiro atoms. The number of hydrogen-bond donors (Lipinski definition) is 0. The maximum absolute atomic E-state index is 12.3. The Labute approximate surface area is 204 Å². The first-order valence-electron chi connectivity index (χ1n) is 10.6. The normalized spacial score (nSPS) is 11.1. The minimum atomic E-state index is -2.63. The van der Waals surface area contributed by atoms with E-state index >= 15 is 0 Å². The van der Waals surface area contributed by atoms with Gasteiger partial charge in [0.2, 0.25) is 0 Å². The Bertz CT molecular complexity index is 851. The Balaban J connectivity index is 1.79. The van der Waals surface area contributed by atoms with Crippen molar-refractivity contribution >= 4 is 51.2 Å². The van der Waals surface area contributed by atoms with E-state index in [9.17, 15) is 9.59 Å². The third kappa shape index (κ3) is 10.3. The summed E-state index contributed by atoms with van der Waals surface area (Å²) < 4.78 is 16.2. The SMILES string of the molecule is CCCCCCOC(=O)c1ccc(OC(=O)c2ccc(OCCC[Si](Cl)(Cl)Cl)cc2)cc1. The van der Waals surface area contributed by atoms with Crippen LogP contribution in [0.25, 0.3) is 0 Å². The average Bonchev–Trinajstić information content (AvgIpc) is 2.76. The molecular formula is C23H27Cl3O5Si. The smallest absolute Gasteiger partial charge is 0.343 e. The van der Waals surface area contributed by atoms with Crippen LogP contribution in [-0.4, -0.2) is 31.2 Å². The number of hydrogen-bond acceptors (Lipinski definition) is 5. The molecule has 32 heavy (non-hydrogen) atoms. The van der Waals surface area contributed by atoms with E-state index in [1.165, 1.54) is 0 Å². The number of carbonyl (C=O) groups is 2. The van der Waals surface area contributed by atoms with Crippen LogP contribution in [0.3, 0.4) is 0 Å². The summed E-state index contributed by atoms with van der Waals surface area (Å²) in [7, 11) is 0. The van der Waals surface area contributed by atoms with E-state index in [2.05, 4.69) is 6.92 Å². The van der Waals surface area contributed by atoms with Crippen LogP contribution in [0.2, 0.25) is 6.04 Å². The van der Waals surface area contributed by atoms with Gasteiger partial charge in [-0.15, -0.1) is 33.2 Å². The van der Waals surface area contributed by atoms with Gasteiger partial charge >= 0.3 is 17.9 Å². The predicted molar refractivity (Wildman–Crippen MR) is 130 cm³/mol. The molecule has 0 N–H and O–H groups in total. The summed E-state index contributed by atoms with van der Waals surface area (Å²) in [6.07, 6.45) is 4.81. The topological polar surface area (TPSA) is 61.8 Å². The molecule has 0 aromatic heterocycles. The van der Waals surface area contributed by atoms with E-state index in [1.54, 1.807) is 48.5 Å². The Morgan fingerprint density at radius 2 is 1.34 bits per heavy atom. The number of unbranched alkanes of at least 4 members (excludes halogenated alkanes) is 3. The van der Waals surface area contributed by atoms with Gasteiger partial charge in [0, 0.05) is 0 Å². The van der Waals surface area contributed by atoms with Crippen molar-refractivity contribution in [2.24, 2.45) is 0 Å². The summed E-state index contributed by atoms with van der Waals surface area (Å²) in [5.74, 6) is 0.0620. The van der Waals surface area contributed by atoms with Crippen LogP contribution in [0.5, 0.6) is 11.5 Å². The molecule has 0 unspecified atom stereocenters. The highest BCUT2D eigenvalue weighted by molar-refractivity contribution is 7.64. The monoisotopic (exact) mass is 516 g/mol. The molecule has 0 saturated heterocycles. The Hall–Kier alpha value is -1.73. The van der Waals surface area contributed by atoms with Crippen molar-refractivity contribution in [3.8, 4) is 11.5 Å². The fourth-order valence-corrected chi connectivity index (χ4v) is 4.50.